The molecule has 0 radical (unpaired) electrons. The third-order valence-electron chi connectivity index (χ3n) is 5.29. The number of fused-ring (bicyclic) bond motifs is 2. The van der Waals surface area contributed by atoms with E-state index < -0.39 is 0 Å². The van der Waals surface area contributed by atoms with Gasteiger partial charge in [0.25, 0.3) is 0 Å². The summed E-state index contributed by atoms with van der Waals surface area (Å²) in [6, 6.07) is 28.5. The zero-order chi connectivity index (χ0) is 17.5. The predicted octanol–water partition coefficient (Wildman–Crippen LogP) is 5.74. The van der Waals surface area contributed by atoms with Crippen molar-refractivity contribution in [3.05, 3.63) is 95.6 Å². The average molecular weight is 336 g/mol. The van der Waals surface area contributed by atoms with E-state index in [0.29, 0.717) is 0 Å². The molecule has 1 aliphatic rings. The van der Waals surface area contributed by atoms with Crippen LogP contribution in [0.15, 0.2) is 84.0 Å². The van der Waals surface area contributed by atoms with Crippen molar-refractivity contribution in [2.45, 2.75) is 19.4 Å². The molecule has 1 atom stereocenters. The van der Waals surface area contributed by atoms with Crippen molar-refractivity contribution in [1.29, 1.82) is 0 Å². The summed E-state index contributed by atoms with van der Waals surface area (Å²) >= 11 is 0. The standard InChI is InChI=1S/C24H20N2/c1-16-10-12-17(13-11-16)22-15-23(26-25-22)24-20-8-4-2-6-18(20)14-19-7-3-5-9-21(19)24/h2-14,22,25H,15H2,1H3/t22-/m0/s1. The Kier molecular flexibility index (Phi) is 3.49. The van der Waals surface area contributed by atoms with E-state index in [1.807, 2.05) is 0 Å². The summed E-state index contributed by atoms with van der Waals surface area (Å²) in [6.45, 7) is 2.12. The Morgan fingerprint density at radius 1 is 0.808 bits per heavy atom. The third-order valence-corrected chi connectivity index (χ3v) is 5.29. The van der Waals surface area contributed by atoms with Crippen LogP contribution in [0.4, 0.5) is 0 Å². The minimum Gasteiger partial charge on any atom is -0.302 e. The van der Waals surface area contributed by atoms with Crippen LogP contribution in [0, 0.1) is 6.92 Å². The summed E-state index contributed by atoms with van der Waals surface area (Å²) in [5.74, 6) is 0. The zero-order valence-corrected chi connectivity index (χ0v) is 14.7. The third kappa shape index (κ3) is 2.46. The van der Waals surface area contributed by atoms with Crippen LogP contribution in [0.1, 0.15) is 29.2 Å². The van der Waals surface area contributed by atoms with Crippen molar-refractivity contribution in [3.63, 3.8) is 0 Å². The second-order valence-corrected chi connectivity index (χ2v) is 7.05. The van der Waals surface area contributed by atoms with Crippen LogP contribution in [0.5, 0.6) is 0 Å². The van der Waals surface area contributed by atoms with E-state index in [4.69, 9.17) is 5.10 Å². The largest absolute Gasteiger partial charge is 0.302 e. The van der Waals surface area contributed by atoms with Gasteiger partial charge in [0.2, 0.25) is 0 Å². The van der Waals surface area contributed by atoms with Gasteiger partial charge in [0, 0.05) is 12.0 Å². The van der Waals surface area contributed by atoms with E-state index in [2.05, 4.69) is 91.2 Å². The highest BCUT2D eigenvalue weighted by atomic mass is 15.3. The summed E-state index contributed by atoms with van der Waals surface area (Å²) in [7, 11) is 0. The highest BCUT2D eigenvalue weighted by Crippen LogP contribution is 2.33. The van der Waals surface area contributed by atoms with Gasteiger partial charge in [0.05, 0.1) is 11.8 Å². The molecule has 0 amide bonds. The number of hydrazone groups is 1. The smallest absolute Gasteiger partial charge is 0.0745 e. The van der Waals surface area contributed by atoms with Crippen LogP contribution in [-0.4, -0.2) is 5.71 Å². The molecule has 0 unspecified atom stereocenters. The number of aryl methyl sites for hydroxylation is 1. The first-order chi connectivity index (χ1) is 12.8. The summed E-state index contributed by atoms with van der Waals surface area (Å²) in [6.07, 6.45) is 0.904. The molecule has 26 heavy (non-hydrogen) atoms. The maximum Gasteiger partial charge on any atom is 0.0745 e. The molecule has 0 spiro atoms. The molecule has 1 N–H and O–H groups in total. The zero-order valence-electron chi connectivity index (χ0n) is 14.7. The van der Waals surface area contributed by atoms with Gasteiger partial charge in [0.1, 0.15) is 0 Å². The maximum atomic E-state index is 4.75. The molecule has 0 bridgehead atoms. The Balaban J connectivity index is 1.63. The molecule has 1 heterocycles. The van der Waals surface area contributed by atoms with Gasteiger partial charge in [-0.05, 0) is 40.1 Å². The van der Waals surface area contributed by atoms with E-state index in [-0.39, 0.29) is 6.04 Å². The lowest BCUT2D eigenvalue weighted by atomic mass is 9.91. The second kappa shape index (κ2) is 5.99. The van der Waals surface area contributed by atoms with Crippen molar-refractivity contribution in [3.8, 4) is 0 Å². The van der Waals surface area contributed by atoms with Crippen LogP contribution in [0.2, 0.25) is 0 Å². The van der Waals surface area contributed by atoms with Crippen LogP contribution < -0.4 is 5.43 Å². The fourth-order valence-electron chi connectivity index (χ4n) is 3.91. The molecule has 1 aliphatic heterocycles. The van der Waals surface area contributed by atoms with Crippen LogP contribution >= 0.6 is 0 Å². The monoisotopic (exact) mass is 336 g/mol. The number of hydrogen-bond donors (Lipinski definition) is 1. The second-order valence-electron chi connectivity index (χ2n) is 7.05. The Morgan fingerprint density at radius 2 is 1.42 bits per heavy atom. The maximum absolute atomic E-state index is 4.75. The molecular formula is C24H20N2. The summed E-state index contributed by atoms with van der Waals surface area (Å²) in [5, 5.41) is 9.83. The fourth-order valence-corrected chi connectivity index (χ4v) is 3.91. The molecule has 2 nitrogen and oxygen atoms in total. The Labute approximate surface area is 153 Å². The normalized spacial score (nSPS) is 16.7. The highest BCUT2D eigenvalue weighted by Gasteiger charge is 2.23. The minimum absolute atomic E-state index is 0.239. The highest BCUT2D eigenvalue weighted by molar-refractivity contribution is 6.21. The lowest BCUT2D eigenvalue weighted by molar-refractivity contribution is 0.620. The fraction of sp³-hybridized carbons (Fsp3) is 0.125. The minimum atomic E-state index is 0.239. The number of hydrogen-bond acceptors (Lipinski definition) is 2. The molecule has 0 fully saturated rings. The van der Waals surface area contributed by atoms with E-state index in [1.54, 1.807) is 0 Å². The molecule has 4 aromatic rings. The van der Waals surface area contributed by atoms with Crippen LogP contribution in [0.3, 0.4) is 0 Å². The molecule has 0 saturated heterocycles. The number of nitrogens with zero attached hydrogens (tertiary/aromatic N) is 1. The van der Waals surface area contributed by atoms with E-state index in [1.165, 1.54) is 38.2 Å². The topological polar surface area (TPSA) is 24.4 Å². The van der Waals surface area contributed by atoms with Crippen LogP contribution in [0.25, 0.3) is 21.5 Å². The van der Waals surface area contributed by atoms with E-state index >= 15 is 0 Å². The van der Waals surface area contributed by atoms with Gasteiger partial charge < -0.3 is 5.43 Å². The number of nitrogens with one attached hydrogen (secondary N) is 1. The summed E-state index contributed by atoms with van der Waals surface area (Å²) < 4.78 is 0. The average Bonchev–Trinajstić information content (AvgIpc) is 3.16. The van der Waals surface area contributed by atoms with Gasteiger partial charge in [-0.15, -0.1) is 0 Å². The van der Waals surface area contributed by atoms with Gasteiger partial charge in [-0.2, -0.15) is 5.10 Å². The van der Waals surface area contributed by atoms with Gasteiger partial charge in [-0.1, -0.05) is 78.4 Å². The number of rotatable bonds is 2. The Bertz CT molecular complexity index is 1090. The van der Waals surface area contributed by atoms with Crippen molar-refractivity contribution in [2.75, 3.05) is 0 Å². The van der Waals surface area contributed by atoms with Gasteiger partial charge >= 0.3 is 0 Å². The molecular weight excluding hydrogens is 316 g/mol. The van der Waals surface area contributed by atoms with Gasteiger partial charge in [0.15, 0.2) is 0 Å². The first-order valence-electron chi connectivity index (χ1n) is 9.09. The van der Waals surface area contributed by atoms with Crippen molar-refractivity contribution < 1.29 is 0 Å². The van der Waals surface area contributed by atoms with Crippen LogP contribution in [-0.2, 0) is 0 Å². The van der Waals surface area contributed by atoms with Gasteiger partial charge in [-0.3, -0.25) is 0 Å². The molecule has 126 valence electrons. The molecule has 0 aromatic heterocycles. The SMILES string of the molecule is Cc1ccc([C@@H]2CC(c3c4ccccc4cc4ccccc34)=NN2)cc1. The summed E-state index contributed by atoms with van der Waals surface area (Å²) in [4.78, 5) is 0. The predicted molar refractivity (Wildman–Crippen MR) is 110 cm³/mol. The van der Waals surface area contributed by atoms with Crippen molar-refractivity contribution in [1.82, 2.24) is 5.43 Å². The van der Waals surface area contributed by atoms with Crippen molar-refractivity contribution in [2.24, 2.45) is 5.10 Å². The van der Waals surface area contributed by atoms with E-state index in [9.17, 15) is 0 Å². The van der Waals surface area contributed by atoms with Gasteiger partial charge in [-0.25, -0.2) is 0 Å². The Morgan fingerprint density at radius 3 is 2.08 bits per heavy atom. The lowest BCUT2D eigenvalue weighted by Crippen LogP contribution is -2.09. The quantitative estimate of drug-likeness (QED) is 0.464. The lowest BCUT2D eigenvalue weighted by Gasteiger charge is -2.13. The molecule has 0 saturated carbocycles. The number of benzene rings is 4. The Hall–Kier alpha value is -3.13. The molecule has 5 rings (SSSR count). The first-order valence-corrected chi connectivity index (χ1v) is 9.09. The molecule has 2 heteroatoms. The molecule has 0 aliphatic carbocycles. The summed E-state index contributed by atoms with van der Waals surface area (Å²) in [5.41, 5.74) is 8.34. The molecule has 4 aromatic carbocycles. The first kappa shape index (κ1) is 15.2. The van der Waals surface area contributed by atoms with Crippen molar-refractivity contribution >= 4 is 27.3 Å². The van der Waals surface area contributed by atoms with E-state index in [0.717, 1.165) is 12.1 Å².